The van der Waals surface area contributed by atoms with Crippen LogP contribution in [0.15, 0.2) is 47.5 Å². The summed E-state index contributed by atoms with van der Waals surface area (Å²) in [6, 6.07) is 12.4. The highest BCUT2D eigenvalue weighted by Crippen LogP contribution is 2.32. The number of guanidine groups is 1. The Morgan fingerprint density at radius 3 is 2.47 bits per heavy atom. The van der Waals surface area contributed by atoms with Gasteiger partial charge in [-0.25, -0.2) is 4.99 Å². The van der Waals surface area contributed by atoms with Crippen molar-refractivity contribution in [1.29, 1.82) is 0 Å². The minimum atomic E-state index is -0.795. The molecule has 3 heterocycles. The van der Waals surface area contributed by atoms with E-state index in [2.05, 4.69) is 20.5 Å². The summed E-state index contributed by atoms with van der Waals surface area (Å²) in [6.07, 6.45) is 0.00565. The van der Waals surface area contributed by atoms with Gasteiger partial charge in [0, 0.05) is 43.6 Å². The first-order valence-corrected chi connectivity index (χ1v) is 11.3. The summed E-state index contributed by atoms with van der Waals surface area (Å²) < 4.78 is 16.3. The molecule has 3 aliphatic rings. The fourth-order valence-electron chi connectivity index (χ4n) is 4.21. The second kappa shape index (κ2) is 9.50. The van der Waals surface area contributed by atoms with E-state index in [1.54, 1.807) is 25.3 Å². The molecule has 0 aromatic heterocycles. The van der Waals surface area contributed by atoms with E-state index in [-0.39, 0.29) is 18.2 Å². The Balaban J connectivity index is 1.22. The second-order valence-electron chi connectivity index (χ2n) is 8.24. The molecule has 3 aliphatic heterocycles. The Bertz CT molecular complexity index is 1100. The third-order valence-electron chi connectivity index (χ3n) is 6.04. The lowest BCUT2D eigenvalue weighted by atomic mass is 10.1. The number of amides is 2. The Kier molecular flexibility index (Phi) is 6.11. The summed E-state index contributed by atoms with van der Waals surface area (Å²) in [6.45, 7) is 3.88. The predicted octanol–water partition coefficient (Wildman–Crippen LogP) is 1.47. The molecule has 0 unspecified atom stereocenters. The van der Waals surface area contributed by atoms with Gasteiger partial charge in [-0.2, -0.15) is 0 Å². The maximum Gasteiger partial charge on any atom is 0.249 e. The van der Waals surface area contributed by atoms with Crippen LogP contribution < -0.4 is 29.7 Å². The van der Waals surface area contributed by atoms with Crippen molar-refractivity contribution in [2.45, 2.75) is 12.5 Å². The van der Waals surface area contributed by atoms with Crippen molar-refractivity contribution in [3.63, 3.8) is 0 Å². The standard InChI is InChI=1S/C24H27N5O5/c1-32-18-5-3-17(4-6-18)28-8-10-29(11-9-28)24-26-19(15-22(30)27-24)23(31)25-16-2-7-20-21(14-16)34-13-12-33-20/h2-7,14,19H,8-13,15H2,1H3,(H,25,31)(H,26,27,30)/t19-/m1/s1. The molecule has 10 heteroatoms. The van der Waals surface area contributed by atoms with E-state index >= 15 is 0 Å². The van der Waals surface area contributed by atoms with Gasteiger partial charge in [0.05, 0.1) is 13.5 Å². The topological polar surface area (TPSA) is 105 Å². The molecule has 2 aromatic rings. The number of ether oxygens (including phenoxy) is 3. The minimum Gasteiger partial charge on any atom is -0.497 e. The molecule has 0 radical (unpaired) electrons. The molecule has 1 atom stereocenters. The highest BCUT2D eigenvalue weighted by atomic mass is 16.6. The third kappa shape index (κ3) is 4.70. The lowest BCUT2D eigenvalue weighted by Gasteiger charge is -2.38. The van der Waals surface area contributed by atoms with Crippen LogP contribution in [0.5, 0.6) is 17.2 Å². The van der Waals surface area contributed by atoms with E-state index in [1.807, 2.05) is 29.2 Å². The predicted molar refractivity (Wildman–Crippen MR) is 127 cm³/mol. The fourth-order valence-corrected chi connectivity index (χ4v) is 4.21. The van der Waals surface area contributed by atoms with E-state index in [0.717, 1.165) is 24.5 Å². The summed E-state index contributed by atoms with van der Waals surface area (Å²) in [5, 5.41) is 5.68. The maximum absolute atomic E-state index is 12.9. The van der Waals surface area contributed by atoms with E-state index < -0.39 is 6.04 Å². The minimum absolute atomic E-state index is 0.00565. The fraction of sp³-hybridized carbons (Fsp3) is 0.375. The lowest BCUT2D eigenvalue weighted by molar-refractivity contribution is -0.125. The highest BCUT2D eigenvalue weighted by molar-refractivity contribution is 6.06. The zero-order valence-corrected chi connectivity index (χ0v) is 19.0. The van der Waals surface area contributed by atoms with Crippen LogP contribution in [0.4, 0.5) is 11.4 Å². The number of methoxy groups -OCH3 is 1. The van der Waals surface area contributed by atoms with E-state index in [1.165, 1.54) is 0 Å². The second-order valence-corrected chi connectivity index (χ2v) is 8.24. The number of carbonyl (C=O) groups is 2. The van der Waals surface area contributed by atoms with Gasteiger partial charge in [0.2, 0.25) is 17.8 Å². The highest BCUT2D eigenvalue weighted by Gasteiger charge is 2.31. The van der Waals surface area contributed by atoms with Gasteiger partial charge in [0.25, 0.3) is 0 Å². The summed E-state index contributed by atoms with van der Waals surface area (Å²) in [5.41, 5.74) is 1.69. The number of piperazine rings is 1. The number of rotatable bonds is 4. The molecule has 0 spiro atoms. The van der Waals surface area contributed by atoms with Crippen molar-refractivity contribution >= 4 is 29.1 Å². The molecule has 5 rings (SSSR count). The number of aliphatic imine (C=N–C) groups is 1. The van der Waals surface area contributed by atoms with Gasteiger partial charge in [0.15, 0.2) is 11.5 Å². The Morgan fingerprint density at radius 2 is 1.74 bits per heavy atom. The molecule has 2 N–H and O–H groups in total. The Hall–Kier alpha value is -3.95. The molecule has 0 saturated carbocycles. The quantitative estimate of drug-likeness (QED) is 0.705. The number of carbonyl (C=O) groups excluding carboxylic acids is 2. The van der Waals surface area contributed by atoms with Crippen molar-refractivity contribution in [3.05, 3.63) is 42.5 Å². The lowest BCUT2D eigenvalue weighted by Crippen LogP contribution is -2.56. The molecule has 2 aromatic carbocycles. The van der Waals surface area contributed by atoms with Crippen LogP contribution in [0, 0.1) is 0 Å². The van der Waals surface area contributed by atoms with Gasteiger partial charge in [-0.3, -0.25) is 14.9 Å². The van der Waals surface area contributed by atoms with Crippen molar-refractivity contribution < 1.29 is 23.8 Å². The van der Waals surface area contributed by atoms with E-state index in [9.17, 15) is 9.59 Å². The largest absolute Gasteiger partial charge is 0.497 e. The van der Waals surface area contributed by atoms with E-state index in [0.29, 0.717) is 49.4 Å². The number of hydrogen-bond donors (Lipinski definition) is 2. The molecule has 34 heavy (non-hydrogen) atoms. The van der Waals surface area contributed by atoms with Gasteiger partial charge in [0.1, 0.15) is 25.0 Å². The molecule has 0 aliphatic carbocycles. The number of hydrogen-bond acceptors (Lipinski definition) is 8. The monoisotopic (exact) mass is 465 g/mol. The van der Waals surface area contributed by atoms with Crippen LogP contribution in [-0.2, 0) is 9.59 Å². The molecule has 10 nitrogen and oxygen atoms in total. The number of anilines is 2. The summed E-state index contributed by atoms with van der Waals surface area (Å²) in [5.74, 6) is 1.96. The van der Waals surface area contributed by atoms with E-state index in [4.69, 9.17) is 14.2 Å². The first-order chi connectivity index (χ1) is 16.6. The summed E-state index contributed by atoms with van der Waals surface area (Å²) in [4.78, 5) is 34.1. The molecular weight excluding hydrogens is 438 g/mol. The SMILES string of the molecule is COc1ccc(N2CCN(C3=N[C@@H](C(=O)Nc4ccc5c(c4)OCCO5)CC(=O)N3)CC2)cc1. The Morgan fingerprint density at radius 1 is 1.03 bits per heavy atom. The van der Waals surface area contributed by atoms with Gasteiger partial charge >= 0.3 is 0 Å². The maximum atomic E-state index is 12.9. The number of benzene rings is 2. The first kappa shape index (κ1) is 21.9. The molecule has 2 amide bonds. The van der Waals surface area contributed by atoms with Gasteiger partial charge in [-0.05, 0) is 36.4 Å². The van der Waals surface area contributed by atoms with Crippen LogP contribution in [-0.4, -0.2) is 75.2 Å². The molecule has 178 valence electrons. The average Bonchev–Trinajstić information content (AvgIpc) is 2.88. The zero-order chi connectivity index (χ0) is 23.5. The van der Waals surface area contributed by atoms with Crippen molar-refractivity contribution in [1.82, 2.24) is 10.2 Å². The van der Waals surface area contributed by atoms with Gasteiger partial charge in [-0.1, -0.05) is 0 Å². The van der Waals surface area contributed by atoms with Crippen molar-refractivity contribution in [3.8, 4) is 17.2 Å². The van der Waals surface area contributed by atoms with Crippen LogP contribution in [0.2, 0.25) is 0 Å². The molecule has 0 bridgehead atoms. The van der Waals surface area contributed by atoms with Crippen molar-refractivity contribution in [2.24, 2.45) is 4.99 Å². The summed E-state index contributed by atoms with van der Waals surface area (Å²) >= 11 is 0. The number of nitrogens with zero attached hydrogens (tertiary/aromatic N) is 3. The van der Waals surface area contributed by atoms with Crippen LogP contribution in [0.1, 0.15) is 6.42 Å². The molecule has 1 saturated heterocycles. The average molecular weight is 466 g/mol. The molecular formula is C24H27N5O5. The summed E-state index contributed by atoms with van der Waals surface area (Å²) in [7, 11) is 1.65. The molecule has 1 fully saturated rings. The Labute approximate surface area is 197 Å². The van der Waals surface area contributed by atoms with Crippen LogP contribution in [0.3, 0.4) is 0 Å². The first-order valence-electron chi connectivity index (χ1n) is 11.3. The normalized spacial score (nSPS) is 19.7. The van der Waals surface area contributed by atoms with Crippen LogP contribution in [0.25, 0.3) is 0 Å². The number of fused-ring (bicyclic) bond motifs is 1. The van der Waals surface area contributed by atoms with Crippen molar-refractivity contribution in [2.75, 3.05) is 56.7 Å². The van der Waals surface area contributed by atoms with Gasteiger partial charge < -0.3 is 29.3 Å². The number of nitrogens with one attached hydrogen (secondary N) is 2. The van der Waals surface area contributed by atoms with Gasteiger partial charge in [-0.15, -0.1) is 0 Å². The van der Waals surface area contributed by atoms with Crippen LogP contribution >= 0.6 is 0 Å². The third-order valence-corrected chi connectivity index (χ3v) is 6.04. The smallest absolute Gasteiger partial charge is 0.249 e. The zero-order valence-electron chi connectivity index (χ0n) is 19.0.